The maximum atomic E-state index is 13.3. The van der Waals surface area contributed by atoms with Gasteiger partial charge in [0.1, 0.15) is 0 Å². The minimum absolute atomic E-state index is 0.0949. The van der Waals surface area contributed by atoms with E-state index in [2.05, 4.69) is 9.97 Å². The molecule has 0 radical (unpaired) electrons. The molecule has 0 saturated heterocycles. The number of halogens is 2. The Morgan fingerprint density at radius 1 is 1.40 bits per heavy atom. The van der Waals surface area contributed by atoms with E-state index in [1.807, 2.05) is 0 Å². The van der Waals surface area contributed by atoms with Gasteiger partial charge in [0.2, 0.25) is 0 Å². The number of benzene rings is 1. The predicted octanol–water partition coefficient (Wildman–Crippen LogP) is 2.23. The van der Waals surface area contributed by atoms with Gasteiger partial charge in [-0.1, -0.05) is 23.7 Å². The number of nitrogens with one attached hydrogen (secondary N) is 1. The van der Waals surface area contributed by atoms with Crippen molar-refractivity contribution in [1.29, 1.82) is 0 Å². The molecule has 1 N–H and O–H groups in total. The Morgan fingerprint density at radius 3 is 2.93 bits per heavy atom. The van der Waals surface area contributed by atoms with Crippen LogP contribution in [0.2, 0.25) is 5.02 Å². The summed E-state index contributed by atoms with van der Waals surface area (Å²) in [6, 6.07) is 6.56. The third-order valence-electron chi connectivity index (χ3n) is 1.88. The summed E-state index contributed by atoms with van der Waals surface area (Å²) in [4.78, 5) is 16.5. The van der Waals surface area contributed by atoms with Crippen LogP contribution < -0.4 is 5.69 Å². The van der Waals surface area contributed by atoms with Gasteiger partial charge in [-0.05, 0) is 12.1 Å². The molecule has 0 aliphatic heterocycles. The van der Waals surface area contributed by atoms with Crippen molar-refractivity contribution in [2.75, 3.05) is 0 Å². The Bertz CT molecular complexity index is 553. The van der Waals surface area contributed by atoms with Crippen LogP contribution in [0.3, 0.4) is 0 Å². The van der Waals surface area contributed by atoms with Gasteiger partial charge in [0.25, 0.3) is 0 Å². The van der Waals surface area contributed by atoms with Crippen molar-refractivity contribution in [1.82, 2.24) is 9.97 Å². The summed E-state index contributed by atoms with van der Waals surface area (Å²) in [6.45, 7) is 0. The SMILES string of the molecule is O=c1ncc(F)c(-c2cccc(Cl)c2)[nH]1. The summed E-state index contributed by atoms with van der Waals surface area (Å²) >= 11 is 5.76. The third kappa shape index (κ3) is 2.05. The summed E-state index contributed by atoms with van der Waals surface area (Å²) in [5, 5.41) is 0.476. The van der Waals surface area contributed by atoms with Crippen LogP contribution in [0.15, 0.2) is 35.3 Å². The number of hydrogen-bond donors (Lipinski definition) is 1. The predicted molar refractivity (Wildman–Crippen MR) is 55.3 cm³/mol. The van der Waals surface area contributed by atoms with Crippen LogP contribution in [0.25, 0.3) is 11.3 Å². The zero-order chi connectivity index (χ0) is 10.8. The molecule has 0 fully saturated rings. The molecule has 0 amide bonds. The van der Waals surface area contributed by atoms with Crippen molar-refractivity contribution in [2.24, 2.45) is 0 Å². The first-order chi connectivity index (χ1) is 7.16. The first-order valence-electron chi connectivity index (χ1n) is 4.17. The lowest BCUT2D eigenvalue weighted by atomic mass is 10.1. The van der Waals surface area contributed by atoms with Gasteiger partial charge in [-0.25, -0.2) is 9.18 Å². The first kappa shape index (κ1) is 9.86. The van der Waals surface area contributed by atoms with Gasteiger partial charge in [-0.15, -0.1) is 0 Å². The van der Waals surface area contributed by atoms with E-state index in [0.29, 0.717) is 10.6 Å². The Hall–Kier alpha value is -1.68. The smallest absolute Gasteiger partial charge is 0.303 e. The summed E-state index contributed by atoms with van der Waals surface area (Å²) in [5.74, 6) is -0.586. The third-order valence-corrected chi connectivity index (χ3v) is 2.11. The highest BCUT2D eigenvalue weighted by atomic mass is 35.5. The molecule has 15 heavy (non-hydrogen) atoms. The molecule has 2 aromatic rings. The van der Waals surface area contributed by atoms with Crippen LogP contribution in [0.4, 0.5) is 4.39 Å². The molecular weight excluding hydrogens is 219 g/mol. The molecular formula is C10H6ClFN2O. The second-order valence-electron chi connectivity index (χ2n) is 2.92. The molecule has 5 heteroatoms. The fourth-order valence-electron chi connectivity index (χ4n) is 1.23. The largest absolute Gasteiger partial charge is 0.345 e. The van der Waals surface area contributed by atoms with E-state index in [4.69, 9.17) is 11.6 Å². The molecule has 0 aliphatic carbocycles. The molecule has 1 heterocycles. The standard InChI is InChI=1S/C10H6ClFN2O/c11-7-3-1-2-6(4-7)9-8(12)5-13-10(15)14-9/h1-5H,(H,13,14,15). The van der Waals surface area contributed by atoms with Gasteiger partial charge in [-0.2, -0.15) is 4.98 Å². The maximum Gasteiger partial charge on any atom is 0.345 e. The molecule has 0 aliphatic rings. The molecule has 0 spiro atoms. The summed E-state index contributed by atoms with van der Waals surface area (Å²) in [6.07, 6.45) is 0.884. The number of hydrogen-bond acceptors (Lipinski definition) is 2. The lowest BCUT2D eigenvalue weighted by Gasteiger charge is -2.02. The molecule has 3 nitrogen and oxygen atoms in total. The molecule has 0 saturated carbocycles. The van der Waals surface area contributed by atoms with E-state index in [0.717, 1.165) is 6.20 Å². The van der Waals surface area contributed by atoms with Crippen LogP contribution in [-0.4, -0.2) is 9.97 Å². The Morgan fingerprint density at radius 2 is 2.20 bits per heavy atom. The molecule has 0 bridgehead atoms. The van der Waals surface area contributed by atoms with Gasteiger partial charge >= 0.3 is 5.69 Å². The zero-order valence-corrected chi connectivity index (χ0v) is 8.25. The number of H-pyrrole nitrogens is 1. The minimum Gasteiger partial charge on any atom is -0.303 e. The lowest BCUT2D eigenvalue weighted by molar-refractivity contribution is 0.615. The van der Waals surface area contributed by atoms with Gasteiger partial charge in [0.15, 0.2) is 5.82 Å². The summed E-state index contributed by atoms with van der Waals surface area (Å²) in [5.41, 5.74) is 0.0170. The van der Waals surface area contributed by atoms with E-state index in [1.165, 1.54) is 0 Å². The number of nitrogens with zero attached hydrogens (tertiary/aromatic N) is 1. The average Bonchev–Trinajstić information content (AvgIpc) is 2.22. The Labute approximate surface area is 89.6 Å². The highest BCUT2D eigenvalue weighted by molar-refractivity contribution is 6.30. The van der Waals surface area contributed by atoms with Gasteiger partial charge < -0.3 is 4.98 Å². The van der Waals surface area contributed by atoms with Crippen LogP contribution >= 0.6 is 11.6 Å². The highest BCUT2D eigenvalue weighted by Crippen LogP contribution is 2.21. The Balaban J connectivity index is 2.63. The van der Waals surface area contributed by atoms with Crippen LogP contribution in [0, 0.1) is 5.82 Å². The van der Waals surface area contributed by atoms with E-state index in [9.17, 15) is 9.18 Å². The molecule has 0 atom stereocenters. The second kappa shape index (κ2) is 3.82. The fourth-order valence-corrected chi connectivity index (χ4v) is 1.42. The molecule has 1 aromatic heterocycles. The topological polar surface area (TPSA) is 45.8 Å². The number of aromatic nitrogens is 2. The average molecular weight is 225 g/mol. The number of aromatic amines is 1. The lowest BCUT2D eigenvalue weighted by Crippen LogP contribution is -2.11. The first-order valence-corrected chi connectivity index (χ1v) is 4.55. The quantitative estimate of drug-likeness (QED) is 0.808. The zero-order valence-electron chi connectivity index (χ0n) is 7.50. The van der Waals surface area contributed by atoms with Crippen molar-refractivity contribution >= 4 is 11.6 Å². The number of rotatable bonds is 1. The maximum absolute atomic E-state index is 13.3. The van der Waals surface area contributed by atoms with Crippen molar-refractivity contribution < 1.29 is 4.39 Å². The van der Waals surface area contributed by atoms with Crippen LogP contribution in [-0.2, 0) is 0 Å². The van der Waals surface area contributed by atoms with Gasteiger partial charge in [0.05, 0.1) is 11.9 Å². The second-order valence-corrected chi connectivity index (χ2v) is 3.36. The monoisotopic (exact) mass is 224 g/mol. The molecule has 76 valence electrons. The fraction of sp³-hybridized carbons (Fsp3) is 0. The minimum atomic E-state index is -0.591. The van der Waals surface area contributed by atoms with Crippen molar-refractivity contribution in [3.8, 4) is 11.3 Å². The van der Waals surface area contributed by atoms with E-state index >= 15 is 0 Å². The van der Waals surface area contributed by atoms with E-state index in [-0.39, 0.29) is 5.69 Å². The van der Waals surface area contributed by atoms with Gasteiger partial charge in [0, 0.05) is 10.6 Å². The summed E-state index contributed by atoms with van der Waals surface area (Å²) in [7, 11) is 0. The van der Waals surface area contributed by atoms with Crippen molar-refractivity contribution in [3.05, 3.63) is 51.8 Å². The molecule has 2 rings (SSSR count). The molecule has 1 aromatic carbocycles. The van der Waals surface area contributed by atoms with E-state index < -0.39 is 11.5 Å². The van der Waals surface area contributed by atoms with Crippen LogP contribution in [0.5, 0.6) is 0 Å². The Kier molecular flexibility index (Phi) is 2.51. The van der Waals surface area contributed by atoms with Crippen molar-refractivity contribution in [2.45, 2.75) is 0 Å². The highest BCUT2D eigenvalue weighted by Gasteiger charge is 2.06. The normalized spacial score (nSPS) is 10.3. The van der Waals surface area contributed by atoms with E-state index in [1.54, 1.807) is 24.3 Å². The van der Waals surface area contributed by atoms with Crippen molar-refractivity contribution in [3.63, 3.8) is 0 Å². The molecule has 0 unspecified atom stereocenters. The van der Waals surface area contributed by atoms with Gasteiger partial charge in [-0.3, -0.25) is 0 Å². The summed E-state index contributed by atoms with van der Waals surface area (Å²) < 4.78 is 13.3. The van der Waals surface area contributed by atoms with Crippen LogP contribution in [0.1, 0.15) is 0 Å².